The van der Waals surface area contributed by atoms with E-state index in [1.165, 1.54) is 25.7 Å². The molecule has 118 valence electrons. The molecule has 1 heterocycles. The van der Waals surface area contributed by atoms with Crippen LogP contribution in [0.25, 0.3) is 0 Å². The van der Waals surface area contributed by atoms with Gasteiger partial charge in [0.2, 0.25) is 5.91 Å². The Morgan fingerprint density at radius 3 is 2.41 bits per heavy atom. The lowest BCUT2D eigenvalue weighted by molar-refractivity contribution is -0.132. The van der Waals surface area contributed by atoms with Crippen molar-refractivity contribution in [2.75, 3.05) is 26.2 Å². The van der Waals surface area contributed by atoms with Crippen LogP contribution in [-0.4, -0.2) is 47.9 Å². The van der Waals surface area contributed by atoms with Gasteiger partial charge < -0.3 is 4.90 Å². The Morgan fingerprint density at radius 1 is 1.00 bits per heavy atom. The number of hydrogen-bond acceptors (Lipinski definition) is 2. The summed E-state index contributed by atoms with van der Waals surface area (Å²) >= 11 is 0. The van der Waals surface area contributed by atoms with Crippen LogP contribution in [-0.2, 0) is 11.2 Å². The van der Waals surface area contributed by atoms with E-state index in [1.54, 1.807) is 0 Å². The highest BCUT2D eigenvalue weighted by atomic mass is 16.2. The number of nitrogens with zero attached hydrogens (tertiary/aromatic N) is 2. The van der Waals surface area contributed by atoms with E-state index in [0.29, 0.717) is 12.3 Å². The van der Waals surface area contributed by atoms with E-state index in [-0.39, 0.29) is 0 Å². The van der Waals surface area contributed by atoms with E-state index >= 15 is 0 Å². The highest BCUT2D eigenvalue weighted by molar-refractivity contribution is 5.78. The van der Waals surface area contributed by atoms with Crippen LogP contribution in [0.4, 0.5) is 0 Å². The first-order valence-electron chi connectivity index (χ1n) is 8.85. The van der Waals surface area contributed by atoms with E-state index in [9.17, 15) is 4.79 Å². The second-order valence-electron chi connectivity index (χ2n) is 7.32. The molecule has 0 N–H and O–H groups in total. The van der Waals surface area contributed by atoms with Crippen LogP contribution in [0.5, 0.6) is 0 Å². The van der Waals surface area contributed by atoms with Gasteiger partial charge in [-0.1, -0.05) is 36.8 Å². The number of rotatable bonds is 3. The molecule has 3 atom stereocenters. The molecule has 3 aliphatic rings. The number of benzene rings is 1. The summed E-state index contributed by atoms with van der Waals surface area (Å²) in [5.41, 5.74) is 1.13. The highest BCUT2D eigenvalue weighted by Gasteiger charge is 2.42. The van der Waals surface area contributed by atoms with Gasteiger partial charge in [0, 0.05) is 32.2 Å². The summed E-state index contributed by atoms with van der Waals surface area (Å²) in [5.74, 6) is 2.25. The van der Waals surface area contributed by atoms with E-state index in [4.69, 9.17) is 0 Å². The highest BCUT2D eigenvalue weighted by Crippen LogP contribution is 2.46. The Labute approximate surface area is 133 Å². The van der Waals surface area contributed by atoms with E-state index < -0.39 is 0 Å². The summed E-state index contributed by atoms with van der Waals surface area (Å²) in [5, 5.41) is 0. The molecule has 2 bridgehead atoms. The maximum absolute atomic E-state index is 12.4. The Morgan fingerprint density at radius 2 is 1.77 bits per heavy atom. The number of fused-ring (bicyclic) bond motifs is 2. The fourth-order valence-electron chi connectivity index (χ4n) is 4.84. The standard InChI is InChI=1S/C19H26N2O/c22-19(14-15-4-2-1-3-5-15)21-10-8-20(9-11-21)18-13-16-6-7-17(18)12-16/h1-5,16-18H,6-14H2/t16-,17+,18-/m0/s1. The van der Waals surface area contributed by atoms with Crippen LogP contribution in [0.3, 0.4) is 0 Å². The third-order valence-corrected chi connectivity index (χ3v) is 6.03. The Kier molecular flexibility index (Phi) is 3.91. The number of carbonyl (C=O) groups excluding carboxylic acids is 1. The van der Waals surface area contributed by atoms with Crippen molar-refractivity contribution >= 4 is 5.91 Å². The smallest absolute Gasteiger partial charge is 0.227 e. The van der Waals surface area contributed by atoms with Gasteiger partial charge in [-0.25, -0.2) is 0 Å². The van der Waals surface area contributed by atoms with Crippen LogP contribution in [0.1, 0.15) is 31.2 Å². The summed E-state index contributed by atoms with van der Waals surface area (Å²) in [6.07, 6.45) is 6.36. The molecule has 1 amide bonds. The molecule has 2 aliphatic carbocycles. The van der Waals surface area contributed by atoms with Crippen LogP contribution in [0.15, 0.2) is 30.3 Å². The second-order valence-corrected chi connectivity index (χ2v) is 7.32. The normalized spacial score (nSPS) is 31.6. The minimum absolute atomic E-state index is 0.291. The minimum Gasteiger partial charge on any atom is -0.340 e. The lowest BCUT2D eigenvalue weighted by atomic mass is 9.93. The first-order valence-corrected chi connectivity index (χ1v) is 8.85. The van der Waals surface area contributed by atoms with Gasteiger partial charge in [0.05, 0.1) is 6.42 Å². The Balaban J connectivity index is 1.29. The predicted molar refractivity (Wildman–Crippen MR) is 87.5 cm³/mol. The first kappa shape index (κ1) is 14.3. The molecular weight excluding hydrogens is 272 g/mol. The molecule has 0 aromatic heterocycles. The minimum atomic E-state index is 0.291. The number of amides is 1. The van der Waals surface area contributed by atoms with E-state index in [0.717, 1.165) is 49.6 Å². The molecule has 0 radical (unpaired) electrons. The fraction of sp³-hybridized carbons (Fsp3) is 0.632. The summed E-state index contributed by atoms with van der Waals surface area (Å²) in [6, 6.07) is 10.9. The van der Waals surface area contributed by atoms with Crippen LogP contribution < -0.4 is 0 Å². The van der Waals surface area contributed by atoms with E-state index in [2.05, 4.69) is 9.80 Å². The molecule has 22 heavy (non-hydrogen) atoms. The van der Waals surface area contributed by atoms with Gasteiger partial charge >= 0.3 is 0 Å². The van der Waals surface area contributed by atoms with E-state index in [1.807, 2.05) is 30.3 Å². The number of piperazine rings is 1. The molecule has 4 rings (SSSR count). The molecule has 0 spiro atoms. The molecule has 1 aliphatic heterocycles. The zero-order valence-electron chi connectivity index (χ0n) is 13.3. The van der Waals surface area contributed by atoms with Gasteiger partial charge in [-0.3, -0.25) is 9.69 Å². The molecule has 1 saturated heterocycles. The summed E-state index contributed by atoms with van der Waals surface area (Å²) in [7, 11) is 0. The average Bonchev–Trinajstić information content (AvgIpc) is 3.19. The molecular formula is C19H26N2O. The van der Waals surface area contributed by atoms with Gasteiger partial charge in [-0.15, -0.1) is 0 Å². The van der Waals surface area contributed by atoms with Gasteiger partial charge in [0.1, 0.15) is 0 Å². The monoisotopic (exact) mass is 298 g/mol. The number of carbonyl (C=O) groups is 1. The van der Waals surface area contributed by atoms with Crippen molar-refractivity contribution in [1.29, 1.82) is 0 Å². The average molecular weight is 298 g/mol. The molecule has 0 unspecified atom stereocenters. The van der Waals surface area contributed by atoms with Gasteiger partial charge in [0.15, 0.2) is 0 Å². The van der Waals surface area contributed by atoms with Crippen molar-refractivity contribution < 1.29 is 4.79 Å². The largest absolute Gasteiger partial charge is 0.340 e. The van der Waals surface area contributed by atoms with Crippen LogP contribution in [0.2, 0.25) is 0 Å². The predicted octanol–water partition coefficient (Wildman–Crippen LogP) is 2.56. The zero-order valence-corrected chi connectivity index (χ0v) is 13.3. The maximum atomic E-state index is 12.4. The summed E-state index contributed by atoms with van der Waals surface area (Å²) < 4.78 is 0. The van der Waals surface area contributed by atoms with Crippen molar-refractivity contribution in [1.82, 2.24) is 9.80 Å². The quantitative estimate of drug-likeness (QED) is 0.856. The molecule has 1 aromatic rings. The fourth-order valence-corrected chi connectivity index (χ4v) is 4.84. The zero-order chi connectivity index (χ0) is 14.9. The Hall–Kier alpha value is -1.35. The van der Waals surface area contributed by atoms with Crippen LogP contribution in [0, 0.1) is 11.8 Å². The molecule has 3 fully saturated rings. The van der Waals surface area contributed by atoms with Gasteiger partial charge in [-0.2, -0.15) is 0 Å². The van der Waals surface area contributed by atoms with Crippen LogP contribution >= 0.6 is 0 Å². The lowest BCUT2D eigenvalue weighted by Crippen LogP contribution is -2.53. The molecule has 1 aromatic carbocycles. The van der Waals surface area contributed by atoms with Crippen molar-refractivity contribution in [3.8, 4) is 0 Å². The van der Waals surface area contributed by atoms with Crippen molar-refractivity contribution in [3.05, 3.63) is 35.9 Å². The maximum Gasteiger partial charge on any atom is 0.227 e. The molecule has 2 saturated carbocycles. The first-order chi connectivity index (χ1) is 10.8. The SMILES string of the molecule is O=C(Cc1ccccc1)N1CCN([C@H]2C[C@H]3CC[C@@H]2C3)CC1. The van der Waals surface area contributed by atoms with Crippen molar-refractivity contribution in [2.24, 2.45) is 11.8 Å². The van der Waals surface area contributed by atoms with Crippen molar-refractivity contribution in [3.63, 3.8) is 0 Å². The van der Waals surface area contributed by atoms with Crippen molar-refractivity contribution in [2.45, 2.75) is 38.1 Å². The topological polar surface area (TPSA) is 23.6 Å². The second kappa shape index (κ2) is 6.04. The molecule has 3 nitrogen and oxygen atoms in total. The third-order valence-electron chi connectivity index (χ3n) is 6.03. The van der Waals surface area contributed by atoms with Gasteiger partial charge in [0.25, 0.3) is 0 Å². The third kappa shape index (κ3) is 2.79. The Bertz CT molecular complexity index is 521. The number of hydrogen-bond donors (Lipinski definition) is 0. The van der Waals surface area contributed by atoms with Gasteiger partial charge in [-0.05, 0) is 36.7 Å². The lowest BCUT2D eigenvalue weighted by Gasteiger charge is -2.41. The summed E-state index contributed by atoms with van der Waals surface area (Å²) in [4.78, 5) is 17.2. The molecule has 3 heteroatoms. The summed E-state index contributed by atoms with van der Waals surface area (Å²) in [6.45, 7) is 3.99.